The van der Waals surface area contributed by atoms with Crippen molar-refractivity contribution in [2.45, 2.75) is 19.8 Å². The van der Waals surface area contributed by atoms with Gasteiger partial charge in [-0.3, -0.25) is 4.79 Å². The van der Waals surface area contributed by atoms with Crippen molar-refractivity contribution in [1.82, 2.24) is 4.72 Å². The van der Waals surface area contributed by atoms with Crippen LogP contribution in [0.15, 0.2) is 24.3 Å². The molecule has 0 spiro atoms. The van der Waals surface area contributed by atoms with E-state index in [1.54, 1.807) is 12.1 Å². The Labute approximate surface area is 107 Å². The van der Waals surface area contributed by atoms with E-state index >= 15 is 0 Å². The van der Waals surface area contributed by atoms with Gasteiger partial charge in [-0.15, -0.1) is 4.72 Å². The largest absolute Gasteiger partial charge is 0.494 e. The molecule has 1 radical (unpaired) electrons. The second-order valence-corrected chi connectivity index (χ2v) is 5.50. The molecule has 0 aliphatic rings. The lowest BCUT2D eigenvalue weighted by molar-refractivity contribution is 0.0978. The van der Waals surface area contributed by atoms with Gasteiger partial charge in [-0.25, -0.2) is 8.42 Å². The van der Waals surface area contributed by atoms with E-state index in [9.17, 15) is 13.2 Å². The number of unbranched alkanes of at least 4 members (excludes halogenated alkanes) is 1. The van der Waals surface area contributed by atoms with Gasteiger partial charge in [0, 0.05) is 5.56 Å². The van der Waals surface area contributed by atoms with Crippen LogP contribution in [0.25, 0.3) is 0 Å². The Bertz CT molecular complexity index is 493. The molecule has 1 rings (SSSR count). The number of ether oxygens (including phenoxy) is 1. The quantitative estimate of drug-likeness (QED) is 0.735. The molecule has 0 aliphatic carbocycles. The first-order chi connectivity index (χ1) is 8.42. The van der Waals surface area contributed by atoms with E-state index < -0.39 is 15.9 Å². The molecule has 0 heterocycles. The Morgan fingerprint density at radius 2 is 1.89 bits per heavy atom. The lowest BCUT2D eigenvalue weighted by Gasteiger charge is -2.05. The molecule has 0 N–H and O–H groups in total. The average Bonchev–Trinajstić information content (AvgIpc) is 2.28. The van der Waals surface area contributed by atoms with Crippen molar-refractivity contribution in [1.29, 1.82) is 0 Å². The first-order valence-electron chi connectivity index (χ1n) is 5.62. The highest BCUT2D eigenvalue weighted by molar-refractivity contribution is 7.89. The number of carbonyl (C=O) groups is 1. The van der Waals surface area contributed by atoms with Crippen LogP contribution in [-0.4, -0.2) is 27.2 Å². The van der Waals surface area contributed by atoms with Crippen molar-refractivity contribution >= 4 is 15.9 Å². The number of rotatable bonds is 6. The summed E-state index contributed by atoms with van der Waals surface area (Å²) in [6.07, 6.45) is 2.89. The second kappa shape index (κ2) is 6.39. The standard InChI is InChI=1S/C12H16NO4S/c1-3-4-9-17-11-7-5-10(6-8-11)12(14)13-18(2,15)16/h5-8H,3-4,9H2,1-2H3. The van der Waals surface area contributed by atoms with Gasteiger partial charge in [-0.05, 0) is 30.7 Å². The average molecular weight is 270 g/mol. The fraction of sp³-hybridized carbons (Fsp3) is 0.417. The Kier molecular flexibility index (Phi) is 5.15. The molecule has 6 heteroatoms. The van der Waals surface area contributed by atoms with Gasteiger partial charge in [0.1, 0.15) is 5.75 Å². The molecule has 0 atom stereocenters. The topological polar surface area (TPSA) is 74.5 Å². The van der Waals surface area contributed by atoms with Crippen LogP contribution in [-0.2, 0) is 10.0 Å². The van der Waals surface area contributed by atoms with Gasteiger partial charge < -0.3 is 4.74 Å². The predicted octanol–water partition coefficient (Wildman–Crippen LogP) is 1.57. The minimum atomic E-state index is -3.65. The Morgan fingerprint density at radius 3 is 2.39 bits per heavy atom. The minimum absolute atomic E-state index is 0.225. The molecule has 18 heavy (non-hydrogen) atoms. The lowest BCUT2D eigenvalue weighted by atomic mass is 10.2. The molecular formula is C12H16NO4S. The summed E-state index contributed by atoms with van der Waals surface area (Å²) < 4.78 is 30.2. The maximum Gasteiger partial charge on any atom is 0.287 e. The maximum absolute atomic E-state index is 11.4. The molecule has 0 saturated heterocycles. The monoisotopic (exact) mass is 270 g/mol. The van der Waals surface area contributed by atoms with Gasteiger partial charge in [-0.1, -0.05) is 13.3 Å². The molecule has 1 aromatic carbocycles. The van der Waals surface area contributed by atoms with Crippen molar-refractivity contribution < 1.29 is 17.9 Å². The summed E-state index contributed by atoms with van der Waals surface area (Å²) in [5.74, 6) is -0.114. The van der Waals surface area contributed by atoms with E-state index in [-0.39, 0.29) is 5.56 Å². The molecule has 0 bridgehead atoms. The summed E-state index contributed by atoms with van der Waals surface area (Å²) in [6.45, 7) is 2.69. The lowest BCUT2D eigenvalue weighted by Crippen LogP contribution is -2.21. The number of benzene rings is 1. The van der Waals surface area contributed by atoms with Gasteiger partial charge in [-0.2, -0.15) is 0 Å². The molecule has 1 amide bonds. The maximum atomic E-state index is 11.4. The highest BCUT2D eigenvalue weighted by Crippen LogP contribution is 2.13. The molecule has 5 nitrogen and oxygen atoms in total. The molecule has 0 aliphatic heterocycles. The van der Waals surface area contributed by atoms with E-state index in [1.807, 2.05) is 0 Å². The second-order valence-electron chi connectivity index (χ2n) is 3.86. The summed E-state index contributed by atoms with van der Waals surface area (Å²) in [4.78, 5) is 11.4. The zero-order valence-corrected chi connectivity index (χ0v) is 11.2. The Balaban J connectivity index is 2.62. The van der Waals surface area contributed by atoms with E-state index in [4.69, 9.17) is 4.74 Å². The molecule has 0 saturated carbocycles. The third kappa shape index (κ3) is 5.18. The summed E-state index contributed by atoms with van der Waals surface area (Å²) in [6, 6.07) is 6.25. The highest BCUT2D eigenvalue weighted by Gasteiger charge is 2.13. The Hall–Kier alpha value is -1.56. The van der Waals surface area contributed by atoms with Crippen LogP contribution in [0.1, 0.15) is 30.1 Å². The molecule has 99 valence electrons. The zero-order valence-electron chi connectivity index (χ0n) is 10.4. The molecule has 0 unspecified atom stereocenters. The van der Waals surface area contributed by atoms with Gasteiger partial charge in [0.05, 0.1) is 12.9 Å². The van der Waals surface area contributed by atoms with E-state index in [0.717, 1.165) is 19.1 Å². The number of nitrogens with zero attached hydrogens (tertiary/aromatic N) is 1. The highest BCUT2D eigenvalue weighted by atomic mass is 32.2. The molecular weight excluding hydrogens is 254 g/mol. The van der Waals surface area contributed by atoms with Gasteiger partial charge >= 0.3 is 0 Å². The van der Waals surface area contributed by atoms with Crippen LogP contribution in [0, 0.1) is 0 Å². The summed E-state index contributed by atoms with van der Waals surface area (Å²) in [7, 11) is -3.65. The van der Waals surface area contributed by atoms with Crippen LogP contribution < -0.4 is 9.46 Å². The summed E-state index contributed by atoms with van der Waals surface area (Å²) in [5, 5.41) is 0. The van der Waals surface area contributed by atoms with Crippen molar-refractivity contribution in [3.05, 3.63) is 29.8 Å². The molecule has 1 aromatic rings. The molecule has 0 aromatic heterocycles. The number of hydrogen-bond acceptors (Lipinski definition) is 4. The number of carbonyl (C=O) groups excluding carboxylic acids is 1. The van der Waals surface area contributed by atoms with Gasteiger partial charge in [0.2, 0.25) is 0 Å². The zero-order chi connectivity index (χ0) is 13.6. The normalized spacial score (nSPS) is 11.0. The van der Waals surface area contributed by atoms with E-state index in [2.05, 4.69) is 11.6 Å². The first kappa shape index (κ1) is 14.5. The van der Waals surface area contributed by atoms with Crippen LogP contribution in [0.2, 0.25) is 0 Å². The van der Waals surface area contributed by atoms with Gasteiger partial charge in [0.15, 0.2) is 0 Å². The number of sulfonamides is 1. The van der Waals surface area contributed by atoms with Crippen molar-refractivity contribution in [3.8, 4) is 5.75 Å². The van der Waals surface area contributed by atoms with E-state index in [1.165, 1.54) is 12.1 Å². The minimum Gasteiger partial charge on any atom is -0.494 e. The third-order valence-corrected chi connectivity index (χ3v) is 2.61. The van der Waals surface area contributed by atoms with Crippen molar-refractivity contribution in [2.75, 3.05) is 12.9 Å². The van der Waals surface area contributed by atoms with Crippen LogP contribution >= 0.6 is 0 Å². The van der Waals surface area contributed by atoms with Crippen LogP contribution in [0.5, 0.6) is 5.75 Å². The smallest absolute Gasteiger partial charge is 0.287 e. The summed E-state index contributed by atoms with van der Waals surface area (Å²) >= 11 is 0. The fourth-order valence-corrected chi connectivity index (χ4v) is 1.64. The number of amides is 1. The van der Waals surface area contributed by atoms with Crippen molar-refractivity contribution in [3.63, 3.8) is 0 Å². The molecule has 0 fully saturated rings. The van der Waals surface area contributed by atoms with E-state index in [0.29, 0.717) is 12.4 Å². The van der Waals surface area contributed by atoms with Crippen LogP contribution in [0.4, 0.5) is 0 Å². The van der Waals surface area contributed by atoms with Crippen LogP contribution in [0.3, 0.4) is 0 Å². The summed E-state index contributed by atoms with van der Waals surface area (Å²) in [5.41, 5.74) is 0.225. The Morgan fingerprint density at radius 1 is 1.28 bits per heavy atom. The third-order valence-electron chi connectivity index (χ3n) is 2.12. The van der Waals surface area contributed by atoms with Gasteiger partial charge in [0.25, 0.3) is 15.9 Å². The van der Waals surface area contributed by atoms with Crippen molar-refractivity contribution in [2.24, 2.45) is 0 Å². The number of hydrogen-bond donors (Lipinski definition) is 0. The predicted molar refractivity (Wildman–Crippen MR) is 68.2 cm³/mol. The SMILES string of the molecule is CCCCOc1ccc(C(=O)[N]S(C)(=O)=O)cc1. The first-order valence-corrected chi connectivity index (χ1v) is 7.47. The fourth-order valence-electron chi connectivity index (χ4n) is 1.23.